The van der Waals surface area contributed by atoms with Gasteiger partial charge in [-0.3, -0.25) is 5.14 Å². The maximum absolute atomic E-state index is 14.8. The summed E-state index contributed by atoms with van der Waals surface area (Å²) in [5.74, 6) is 0. The first kappa shape index (κ1) is 17.3. The van der Waals surface area contributed by atoms with E-state index in [0.29, 0.717) is 35.6 Å². The van der Waals surface area contributed by atoms with Crippen LogP contribution in [0, 0.1) is 0 Å². The highest BCUT2D eigenvalue weighted by atomic mass is 32.2. The quantitative estimate of drug-likeness (QED) is 0.677. The van der Waals surface area contributed by atoms with E-state index >= 15 is 0 Å². The third kappa shape index (κ3) is 3.84. The normalized spacial score (nSPS) is 30.6. The predicted octanol–water partition coefficient (Wildman–Crippen LogP) is 1.42. The van der Waals surface area contributed by atoms with Crippen LogP contribution in [0.5, 0.6) is 0 Å². The Labute approximate surface area is 135 Å². The summed E-state index contributed by atoms with van der Waals surface area (Å²) in [7, 11) is 0. The minimum Gasteiger partial charge on any atom is -0.398 e. The minimum absolute atomic E-state index is 0.0346. The number of hydrogen-bond donors (Lipinski definition) is 3. The van der Waals surface area contributed by atoms with E-state index in [1.807, 2.05) is 18.7 Å². The molecule has 7 heteroatoms. The number of allylic oxidation sites excluding steroid dienone is 2. The highest BCUT2D eigenvalue weighted by Gasteiger charge is 2.32. The molecule has 1 aliphatic carbocycles. The molecule has 0 aromatic carbocycles. The van der Waals surface area contributed by atoms with Crippen LogP contribution in [0.3, 0.4) is 0 Å². The zero-order valence-corrected chi connectivity index (χ0v) is 13.8. The molecular formula is C15H24FN3O2S. The fraction of sp³-hybridized carbons (Fsp3) is 0.600. The first-order valence-corrected chi connectivity index (χ1v) is 8.31. The minimum atomic E-state index is -1.19. The van der Waals surface area contributed by atoms with Gasteiger partial charge in [0.05, 0.1) is 24.5 Å². The molecule has 1 aliphatic heterocycles. The second-order valence-corrected chi connectivity index (χ2v) is 6.29. The van der Waals surface area contributed by atoms with Gasteiger partial charge in [0.25, 0.3) is 0 Å². The molecule has 3 unspecified atom stereocenters. The van der Waals surface area contributed by atoms with Crippen LogP contribution in [-0.2, 0) is 4.74 Å². The molecule has 2 rings (SSSR count). The fourth-order valence-corrected chi connectivity index (χ4v) is 3.38. The number of morpholine rings is 1. The summed E-state index contributed by atoms with van der Waals surface area (Å²) in [4.78, 5) is 1.99. The van der Waals surface area contributed by atoms with Crippen molar-refractivity contribution in [1.82, 2.24) is 4.90 Å². The van der Waals surface area contributed by atoms with Crippen LogP contribution in [0.1, 0.15) is 20.3 Å². The number of rotatable bonds is 4. The van der Waals surface area contributed by atoms with Crippen molar-refractivity contribution in [2.75, 3.05) is 19.7 Å². The van der Waals surface area contributed by atoms with Crippen molar-refractivity contribution in [3.05, 3.63) is 34.0 Å². The van der Waals surface area contributed by atoms with Crippen LogP contribution >= 0.6 is 11.9 Å². The molecular weight excluding hydrogens is 305 g/mol. The van der Waals surface area contributed by atoms with Crippen molar-refractivity contribution < 1.29 is 14.2 Å². The lowest BCUT2D eigenvalue weighted by molar-refractivity contribution is -0.0616. The highest BCUT2D eigenvalue weighted by Crippen LogP contribution is 2.33. The summed E-state index contributed by atoms with van der Waals surface area (Å²) in [6, 6.07) is 0. The van der Waals surface area contributed by atoms with Crippen LogP contribution in [0.2, 0.25) is 0 Å². The first-order valence-electron chi connectivity index (χ1n) is 7.36. The molecule has 5 N–H and O–H groups in total. The van der Waals surface area contributed by atoms with Crippen molar-refractivity contribution >= 4 is 11.9 Å². The van der Waals surface area contributed by atoms with E-state index in [9.17, 15) is 9.50 Å². The monoisotopic (exact) mass is 329 g/mol. The molecule has 0 radical (unpaired) electrons. The lowest BCUT2D eigenvalue weighted by atomic mass is 9.92. The number of aliphatic hydroxyl groups is 1. The third-order valence-corrected chi connectivity index (χ3v) is 4.26. The molecule has 3 atom stereocenters. The molecule has 2 aliphatic rings. The maximum atomic E-state index is 14.8. The number of alkyl halides is 1. The van der Waals surface area contributed by atoms with Gasteiger partial charge in [0.2, 0.25) is 0 Å². The van der Waals surface area contributed by atoms with Crippen LogP contribution in [-0.4, -0.2) is 48.1 Å². The Balaban J connectivity index is 2.33. The van der Waals surface area contributed by atoms with Crippen molar-refractivity contribution in [2.24, 2.45) is 10.9 Å². The van der Waals surface area contributed by atoms with E-state index in [1.165, 1.54) is 0 Å². The van der Waals surface area contributed by atoms with Gasteiger partial charge in [-0.1, -0.05) is 11.9 Å². The summed E-state index contributed by atoms with van der Waals surface area (Å²) >= 11 is 0.987. The average molecular weight is 329 g/mol. The molecule has 0 spiro atoms. The van der Waals surface area contributed by atoms with Gasteiger partial charge in [-0.2, -0.15) is 0 Å². The largest absolute Gasteiger partial charge is 0.398 e. The van der Waals surface area contributed by atoms with Gasteiger partial charge in [0, 0.05) is 30.6 Å². The third-order valence-electron chi connectivity index (χ3n) is 3.87. The lowest BCUT2D eigenvalue weighted by Crippen LogP contribution is -2.47. The fourth-order valence-electron chi connectivity index (χ4n) is 3.09. The Kier molecular flexibility index (Phi) is 5.91. The summed E-state index contributed by atoms with van der Waals surface area (Å²) in [5, 5.41) is 16.6. The number of nitrogens with two attached hydrogens (primary N) is 2. The summed E-state index contributed by atoms with van der Waals surface area (Å²) in [6.07, 6.45) is 0.856. The average Bonchev–Trinajstić information content (AvgIpc) is 2.45. The van der Waals surface area contributed by atoms with Crippen molar-refractivity contribution in [1.29, 1.82) is 0 Å². The van der Waals surface area contributed by atoms with Gasteiger partial charge in [0.15, 0.2) is 0 Å². The van der Waals surface area contributed by atoms with Crippen molar-refractivity contribution in [3.8, 4) is 0 Å². The zero-order chi connectivity index (χ0) is 16.3. The number of halogens is 1. The summed E-state index contributed by atoms with van der Waals surface area (Å²) < 4.78 is 20.5. The first-order chi connectivity index (χ1) is 10.5. The Morgan fingerprint density at radius 2 is 2.14 bits per heavy atom. The Morgan fingerprint density at radius 3 is 2.68 bits per heavy atom. The van der Waals surface area contributed by atoms with Crippen molar-refractivity contribution in [2.45, 2.75) is 38.6 Å². The molecule has 1 saturated heterocycles. The van der Waals surface area contributed by atoms with Gasteiger partial charge in [0.1, 0.15) is 6.17 Å². The van der Waals surface area contributed by atoms with Crippen LogP contribution in [0.15, 0.2) is 34.0 Å². The van der Waals surface area contributed by atoms with E-state index in [4.69, 9.17) is 15.6 Å². The molecule has 1 heterocycles. The Bertz CT molecular complexity index is 497. The molecule has 5 nitrogen and oxygen atoms in total. The number of ether oxygens (including phenoxy) is 1. The molecule has 0 amide bonds. The van der Waals surface area contributed by atoms with Gasteiger partial charge in [-0.15, -0.1) is 0 Å². The van der Waals surface area contributed by atoms with Gasteiger partial charge in [-0.25, -0.2) is 4.39 Å². The highest BCUT2D eigenvalue weighted by molar-refractivity contribution is 8.00. The Morgan fingerprint density at radius 1 is 1.50 bits per heavy atom. The molecule has 22 heavy (non-hydrogen) atoms. The molecule has 0 saturated carbocycles. The van der Waals surface area contributed by atoms with Crippen LogP contribution in [0.4, 0.5) is 4.39 Å². The number of nitrogens with zero attached hydrogens (tertiary/aromatic N) is 1. The smallest absolute Gasteiger partial charge is 0.144 e. The van der Waals surface area contributed by atoms with E-state index in [2.05, 4.69) is 0 Å². The van der Waals surface area contributed by atoms with Crippen LogP contribution < -0.4 is 10.9 Å². The van der Waals surface area contributed by atoms with E-state index in [1.54, 1.807) is 11.5 Å². The Hall–Kier alpha value is -1.02. The van der Waals surface area contributed by atoms with Gasteiger partial charge >= 0.3 is 0 Å². The van der Waals surface area contributed by atoms with E-state index in [0.717, 1.165) is 11.9 Å². The number of aliphatic hydroxyl groups excluding tert-OH is 1. The topological polar surface area (TPSA) is 84.7 Å². The molecule has 0 aromatic heterocycles. The molecule has 0 aromatic rings. The summed E-state index contributed by atoms with van der Waals surface area (Å²) in [5.41, 5.74) is 8.15. The second kappa shape index (κ2) is 7.50. The molecule has 124 valence electrons. The molecule has 0 bridgehead atoms. The van der Waals surface area contributed by atoms with Crippen molar-refractivity contribution in [3.63, 3.8) is 0 Å². The van der Waals surface area contributed by atoms with Crippen LogP contribution in [0.25, 0.3) is 0 Å². The zero-order valence-electron chi connectivity index (χ0n) is 13.0. The predicted molar refractivity (Wildman–Crippen MR) is 87.3 cm³/mol. The summed E-state index contributed by atoms with van der Waals surface area (Å²) in [6.45, 7) is 4.96. The standard InChI is InChI=1S/C15H24FN3O2S/c1-9-5-19(6-10(2)21-9)15-12(7-20)3-11(4-13(15)16)14(17)8-22-18/h3,8-10,13,20H,4-7,17-18H2,1-2H3/b14-8-. The second-order valence-electron chi connectivity index (χ2n) is 5.78. The molecule has 1 fully saturated rings. The van der Waals surface area contributed by atoms with Gasteiger partial charge in [-0.05, 0) is 31.1 Å². The van der Waals surface area contributed by atoms with Gasteiger partial charge < -0.3 is 20.5 Å². The van der Waals surface area contributed by atoms with E-state index < -0.39 is 6.17 Å². The maximum Gasteiger partial charge on any atom is 0.144 e. The lowest BCUT2D eigenvalue weighted by Gasteiger charge is -2.41. The van der Waals surface area contributed by atoms with E-state index in [-0.39, 0.29) is 25.2 Å². The number of hydrogen-bond acceptors (Lipinski definition) is 6. The SMILES string of the molecule is CC1CN(C2=C(CO)C=C(/C(N)=C/SN)CC2F)CC(C)O1.